The summed E-state index contributed by atoms with van der Waals surface area (Å²) in [6.07, 6.45) is 1.84. The third kappa shape index (κ3) is 3.85. The molecule has 2 aliphatic heterocycles. The van der Waals surface area contributed by atoms with Crippen molar-refractivity contribution in [2.75, 3.05) is 11.7 Å². The second kappa shape index (κ2) is 8.92. The number of ether oxygens (including phenoxy) is 2. The van der Waals surface area contributed by atoms with Gasteiger partial charge in [0, 0.05) is 29.3 Å². The van der Waals surface area contributed by atoms with E-state index >= 15 is 0 Å². The molecule has 2 aliphatic rings. The minimum absolute atomic E-state index is 0.103. The van der Waals surface area contributed by atoms with Crippen LogP contribution in [0.3, 0.4) is 0 Å². The lowest BCUT2D eigenvalue weighted by Crippen LogP contribution is -2.29. The Labute approximate surface area is 222 Å². The summed E-state index contributed by atoms with van der Waals surface area (Å²) in [5.41, 5.74) is 10.5. The van der Waals surface area contributed by atoms with E-state index in [4.69, 9.17) is 26.7 Å². The Bertz CT molecular complexity index is 1510. The van der Waals surface area contributed by atoms with Crippen LogP contribution in [0, 0.1) is 34.6 Å². The summed E-state index contributed by atoms with van der Waals surface area (Å²) in [7, 11) is 0. The highest BCUT2D eigenvalue weighted by Crippen LogP contribution is 2.46. The van der Waals surface area contributed by atoms with Gasteiger partial charge in [0.25, 0.3) is 0 Å². The van der Waals surface area contributed by atoms with Crippen LogP contribution >= 0.6 is 12.2 Å². The first-order valence-corrected chi connectivity index (χ1v) is 12.9. The van der Waals surface area contributed by atoms with Crippen molar-refractivity contribution in [1.82, 2.24) is 14.9 Å². The maximum atomic E-state index is 5.95. The lowest BCUT2D eigenvalue weighted by atomic mass is 9.96. The molecule has 6 nitrogen and oxygen atoms in total. The molecule has 1 fully saturated rings. The van der Waals surface area contributed by atoms with E-state index < -0.39 is 0 Å². The number of pyridine rings is 1. The van der Waals surface area contributed by atoms with Gasteiger partial charge in [-0.2, -0.15) is 0 Å². The normalized spacial score (nSPS) is 18.4. The van der Waals surface area contributed by atoms with Crippen LogP contribution in [0.15, 0.2) is 60.8 Å². The van der Waals surface area contributed by atoms with Gasteiger partial charge < -0.3 is 24.3 Å². The lowest BCUT2D eigenvalue weighted by Gasteiger charge is -2.28. The molecule has 1 N–H and O–H groups in total. The maximum absolute atomic E-state index is 5.95. The summed E-state index contributed by atoms with van der Waals surface area (Å²) >= 11 is 5.95. The van der Waals surface area contributed by atoms with Gasteiger partial charge in [0.15, 0.2) is 16.6 Å². The van der Waals surface area contributed by atoms with Crippen LogP contribution in [0.4, 0.5) is 5.69 Å². The first-order chi connectivity index (χ1) is 17.8. The Balaban J connectivity index is 1.53. The van der Waals surface area contributed by atoms with Gasteiger partial charge in [-0.3, -0.25) is 4.98 Å². The van der Waals surface area contributed by atoms with Gasteiger partial charge in [0.2, 0.25) is 6.79 Å². The molecule has 4 heterocycles. The Hall–Kier alpha value is -3.84. The number of thiocarbonyl (C=S) groups is 1. The molecule has 2 aromatic carbocycles. The minimum Gasteiger partial charge on any atom is -0.454 e. The Kier molecular flexibility index (Phi) is 5.68. The van der Waals surface area contributed by atoms with Crippen LogP contribution in [-0.2, 0) is 0 Å². The van der Waals surface area contributed by atoms with E-state index in [-0.39, 0.29) is 18.9 Å². The third-order valence-electron chi connectivity index (χ3n) is 7.38. The first kappa shape index (κ1) is 23.6. The van der Waals surface area contributed by atoms with Crippen molar-refractivity contribution >= 4 is 23.0 Å². The molecule has 6 rings (SSSR count). The van der Waals surface area contributed by atoms with Crippen LogP contribution < -0.4 is 19.7 Å². The fourth-order valence-corrected chi connectivity index (χ4v) is 6.29. The molecule has 0 aliphatic carbocycles. The number of nitrogens with zero attached hydrogens (tertiary/aromatic N) is 3. The molecule has 188 valence electrons. The van der Waals surface area contributed by atoms with Crippen molar-refractivity contribution in [1.29, 1.82) is 0 Å². The van der Waals surface area contributed by atoms with Crippen LogP contribution in [0.1, 0.15) is 51.4 Å². The number of fused-ring (bicyclic) bond motifs is 1. The summed E-state index contributed by atoms with van der Waals surface area (Å²) < 4.78 is 13.6. The Morgan fingerprint density at radius 1 is 0.919 bits per heavy atom. The summed E-state index contributed by atoms with van der Waals surface area (Å²) in [5, 5.41) is 4.23. The highest BCUT2D eigenvalue weighted by atomic mass is 32.1. The van der Waals surface area contributed by atoms with Crippen LogP contribution in [-0.4, -0.2) is 21.5 Å². The van der Waals surface area contributed by atoms with Crippen molar-refractivity contribution in [3.05, 3.63) is 100 Å². The van der Waals surface area contributed by atoms with Gasteiger partial charge in [-0.15, -0.1) is 0 Å². The summed E-state index contributed by atoms with van der Waals surface area (Å²) in [4.78, 5) is 6.90. The van der Waals surface area contributed by atoms with E-state index in [0.717, 1.165) is 22.9 Å². The van der Waals surface area contributed by atoms with Gasteiger partial charge in [0.05, 0.1) is 23.5 Å². The topological polar surface area (TPSA) is 51.6 Å². The Morgan fingerprint density at radius 3 is 2.41 bits per heavy atom. The largest absolute Gasteiger partial charge is 0.454 e. The van der Waals surface area contributed by atoms with Gasteiger partial charge in [-0.25, -0.2) is 0 Å². The second-order valence-corrected chi connectivity index (χ2v) is 10.3. The number of benzene rings is 2. The number of aromatic nitrogens is 2. The second-order valence-electron chi connectivity index (χ2n) is 9.94. The average Bonchev–Trinajstić information content (AvgIpc) is 3.55. The highest BCUT2D eigenvalue weighted by Gasteiger charge is 2.42. The number of aryl methyl sites for hydroxylation is 4. The quantitative estimate of drug-likeness (QED) is 0.324. The zero-order valence-electron chi connectivity index (χ0n) is 21.7. The van der Waals surface area contributed by atoms with Crippen molar-refractivity contribution in [2.45, 2.75) is 46.7 Å². The van der Waals surface area contributed by atoms with Crippen molar-refractivity contribution in [2.24, 2.45) is 0 Å². The van der Waals surface area contributed by atoms with Crippen molar-refractivity contribution in [3.8, 4) is 17.2 Å². The van der Waals surface area contributed by atoms with E-state index in [9.17, 15) is 0 Å². The van der Waals surface area contributed by atoms with E-state index in [2.05, 4.69) is 73.7 Å². The zero-order valence-corrected chi connectivity index (χ0v) is 22.5. The van der Waals surface area contributed by atoms with Crippen LogP contribution in [0.5, 0.6) is 11.5 Å². The number of anilines is 1. The molecule has 0 amide bonds. The first-order valence-electron chi connectivity index (χ1n) is 12.5. The van der Waals surface area contributed by atoms with E-state index in [1.54, 1.807) is 0 Å². The third-order valence-corrected chi connectivity index (χ3v) is 7.69. The predicted molar refractivity (Wildman–Crippen MR) is 150 cm³/mol. The van der Waals surface area contributed by atoms with Crippen LogP contribution in [0.25, 0.3) is 5.69 Å². The lowest BCUT2D eigenvalue weighted by molar-refractivity contribution is 0.174. The maximum Gasteiger partial charge on any atom is 0.231 e. The molecular formula is C30H30N4O2S. The molecule has 0 bridgehead atoms. The molecule has 0 spiro atoms. The van der Waals surface area contributed by atoms with Crippen molar-refractivity contribution in [3.63, 3.8) is 0 Å². The summed E-state index contributed by atoms with van der Waals surface area (Å²) in [5.74, 6) is 1.49. The fraction of sp³-hybridized carbons (Fsp3) is 0.267. The van der Waals surface area contributed by atoms with Gasteiger partial charge in [-0.05, 0) is 93.9 Å². The number of rotatable bonds is 4. The van der Waals surface area contributed by atoms with E-state index in [1.807, 2.05) is 36.5 Å². The minimum atomic E-state index is -0.117. The fourth-order valence-electron chi connectivity index (χ4n) is 5.94. The molecule has 4 aromatic rings. The molecular weight excluding hydrogens is 480 g/mol. The molecule has 0 radical (unpaired) electrons. The SMILES string of the molecule is Cc1cc(C)c(-n2c(C)cc([C@@H]3[C@@H](c4ccccn4)NC(=S)N3c3ccc4c(c3)OCO4)c2C)c(C)c1. The number of hydrogen-bond donors (Lipinski definition) is 1. The molecule has 0 saturated carbocycles. The van der Waals surface area contributed by atoms with E-state index in [0.29, 0.717) is 5.11 Å². The highest BCUT2D eigenvalue weighted by molar-refractivity contribution is 7.80. The summed E-state index contributed by atoms with van der Waals surface area (Å²) in [6.45, 7) is 11.1. The van der Waals surface area contributed by atoms with Gasteiger partial charge >= 0.3 is 0 Å². The van der Waals surface area contributed by atoms with Gasteiger partial charge in [0.1, 0.15) is 0 Å². The molecule has 2 aromatic heterocycles. The molecule has 7 heteroatoms. The number of nitrogens with one attached hydrogen (secondary N) is 1. The molecule has 0 unspecified atom stereocenters. The predicted octanol–water partition coefficient (Wildman–Crippen LogP) is 6.32. The smallest absolute Gasteiger partial charge is 0.231 e. The average molecular weight is 511 g/mol. The van der Waals surface area contributed by atoms with E-state index in [1.165, 1.54) is 39.3 Å². The van der Waals surface area contributed by atoms with Gasteiger partial charge in [-0.1, -0.05) is 23.8 Å². The molecule has 37 heavy (non-hydrogen) atoms. The summed E-state index contributed by atoms with van der Waals surface area (Å²) in [6, 6.07) is 18.6. The molecule has 1 saturated heterocycles. The van der Waals surface area contributed by atoms with Crippen molar-refractivity contribution < 1.29 is 9.47 Å². The monoisotopic (exact) mass is 510 g/mol. The molecule has 2 atom stereocenters. The Morgan fingerprint density at radius 2 is 1.68 bits per heavy atom. The number of hydrogen-bond acceptors (Lipinski definition) is 4. The van der Waals surface area contributed by atoms with Crippen LogP contribution in [0.2, 0.25) is 0 Å². The standard InChI is InChI=1S/C30H30N4O2S/c1-17-12-18(2)28(19(3)13-17)33-20(4)14-23(21(33)5)29-27(24-8-6-7-11-31-24)32-30(37)34(29)22-9-10-25-26(15-22)36-16-35-25/h6-15,27,29H,16H2,1-5H3,(H,32,37)/t27-,29-/m1/s1. The zero-order chi connectivity index (χ0) is 25.8.